The molecule has 0 aromatic heterocycles. The van der Waals surface area contributed by atoms with Crippen LogP contribution >= 0.6 is 0 Å². The van der Waals surface area contributed by atoms with E-state index in [9.17, 15) is 31.5 Å². The minimum Gasteiger partial charge on any atom is -0.465 e. The van der Waals surface area contributed by atoms with E-state index in [1.807, 2.05) is 0 Å². The molecule has 0 unspecified atom stereocenters. The smallest absolute Gasteiger partial charge is 0.328 e. The second-order valence-corrected chi connectivity index (χ2v) is 9.29. The number of unbranched alkanes of at least 4 members (excludes halogenated alkanes) is 12. The van der Waals surface area contributed by atoms with Crippen LogP contribution in [-0.2, 0) is 14.3 Å². The molecule has 0 N–H and O–H groups in total. The molecular formula is C26H37F5O4. The maximum atomic E-state index is 13.7. The Morgan fingerprint density at radius 2 is 0.971 bits per heavy atom. The van der Waals surface area contributed by atoms with Crippen molar-refractivity contribution in [3.05, 3.63) is 29.1 Å². The number of benzene rings is 1. The van der Waals surface area contributed by atoms with Crippen molar-refractivity contribution in [1.29, 1.82) is 0 Å². The fraction of sp³-hybridized carbons (Fsp3) is 0.692. The SMILES string of the molecule is CCCCCCCCCCCCCCCOC(=O)C(C)(C)C(=O)Oc1c(F)c(F)c(F)c(F)c1F. The number of carbonyl (C=O) groups excluding carboxylic acids is 2. The number of hydrogen-bond donors (Lipinski definition) is 0. The van der Waals surface area contributed by atoms with Crippen LogP contribution < -0.4 is 4.74 Å². The fourth-order valence-corrected chi connectivity index (χ4v) is 3.44. The molecule has 9 heteroatoms. The maximum Gasteiger partial charge on any atom is 0.328 e. The van der Waals surface area contributed by atoms with Gasteiger partial charge in [-0.25, -0.2) is 13.2 Å². The van der Waals surface area contributed by atoms with Crippen molar-refractivity contribution < 1.29 is 41.0 Å². The van der Waals surface area contributed by atoms with Gasteiger partial charge < -0.3 is 9.47 Å². The van der Waals surface area contributed by atoms with Gasteiger partial charge >= 0.3 is 11.9 Å². The summed E-state index contributed by atoms with van der Waals surface area (Å²) in [7, 11) is 0. The van der Waals surface area contributed by atoms with Crippen LogP contribution in [0.25, 0.3) is 0 Å². The Kier molecular flexibility index (Phi) is 13.9. The summed E-state index contributed by atoms with van der Waals surface area (Å²) in [5, 5.41) is 0. The highest BCUT2D eigenvalue weighted by atomic mass is 19.2. The summed E-state index contributed by atoms with van der Waals surface area (Å²) in [6, 6.07) is 0. The highest BCUT2D eigenvalue weighted by Crippen LogP contribution is 2.31. The first-order chi connectivity index (χ1) is 16.6. The van der Waals surface area contributed by atoms with Crippen LogP contribution in [0, 0.1) is 34.5 Å². The van der Waals surface area contributed by atoms with Gasteiger partial charge in [0.25, 0.3) is 0 Å². The molecular weight excluding hydrogens is 471 g/mol. The van der Waals surface area contributed by atoms with Gasteiger partial charge in [0.05, 0.1) is 6.61 Å². The van der Waals surface area contributed by atoms with Crippen LogP contribution in [0.2, 0.25) is 0 Å². The van der Waals surface area contributed by atoms with Gasteiger partial charge in [-0.05, 0) is 20.3 Å². The molecule has 0 aliphatic carbocycles. The first-order valence-corrected chi connectivity index (χ1v) is 12.5. The van der Waals surface area contributed by atoms with E-state index >= 15 is 0 Å². The average Bonchev–Trinajstić information content (AvgIpc) is 2.83. The third kappa shape index (κ3) is 9.76. The third-order valence-electron chi connectivity index (χ3n) is 5.87. The Balaban J connectivity index is 2.30. The first kappa shape index (κ1) is 30.8. The standard InChI is InChI=1S/C26H37F5O4/c1-4-5-6-7-8-9-10-11-12-13-14-15-16-17-34-24(32)26(2,3)25(33)35-23-21(30)19(28)18(27)20(29)22(23)31/h4-17H2,1-3H3. The molecule has 0 spiro atoms. The van der Waals surface area contributed by atoms with Crippen LogP contribution in [0.4, 0.5) is 22.0 Å². The zero-order valence-electron chi connectivity index (χ0n) is 20.9. The van der Waals surface area contributed by atoms with Gasteiger partial charge in [-0.2, -0.15) is 8.78 Å². The van der Waals surface area contributed by atoms with E-state index in [1.165, 1.54) is 51.4 Å². The monoisotopic (exact) mass is 508 g/mol. The minimum absolute atomic E-state index is 0.0375. The summed E-state index contributed by atoms with van der Waals surface area (Å²) < 4.78 is 76.6. The van der Waals surface area contributed by atoms with Gasteiger partial charge in [-0.15, -0.1) is 0 Å². The molecule has 1 aromatic rings. The molecule has 0 radical (unpaired) electrons. The molecule has 1 aromatic carbocycles. The maximum absolute atomic E-state index is 13.7. The zero-order chi connectivity index (χ0) is 26.4. The van der Waals surface area contributed by atoms with Crippen molar-refractivity contribution in [3.8, 4) is 5.75 Å². The molecule has 0 aliphatic rings. The highest BCUT2D eigenvalue weighted by Gasteiger charge is 2.41. The van der Waals surface area contributed by atoms with Gasteiger partial charge in [-0.3, -0.25) is 9.59 Å². The minimum atomic E-state index is -2.38. The van der Waals surface area contributed by atoms with E-state index in [4.69, 9.17) is 4.74 Å². The molecule has 0 aliphatic heterocycles. The van der Waals surface area contributed by atoms with E-state index in [0.717, 1.165) is 39.5 Å². The van der Waals surface area contributed by atoms with Crippen LogP contribution in [0.5, 0.6) is 5.75 Å². The number of halogens is 5. The highest BCUT2D eigenvalue weighted by molar-refractivity contribution is 5.99. The molecule has 200 valence electrons. The van der Waals surface area contributed by atoms with Crippen molar-refractivity contribution in [3.63, 3.8) is 0 Å². The summed E-state index contributed by atoms with van der Waals surface area (Å²) in [6.45, 7) is 4.40. The number of rotatable bonds is 17. The Hall–Kier alpha value is -2.19. The largest absolute Gasteiger partial charge is 0.465 e. The summed E-state index contributed by atoms with van der Waals surface area (Å²) in [5.41, 5.74) is -2.02. The first-order valence-electron chi connectivity index (χ1n) is 12.5. The lowest BCUT2D eigenvalue weighted by atomic mass is 9.94. The molecule has 0 saturated carbocycles. The van der Waals surface area contributed by atoms with Gasteiger partial charge in [0, 0.05) is 0 Å². The van der Waals surface area contributed by atoms with E-state index in [0.29, 0.717) is 6.42 Å². The van der Waals surface area contributed by atoms with E-state index in [1.54, 1.807) is 0 Å². The summed E-state index contributed by atoms with van der Waals surface area (Å²) in [4.78, 5) is 24.5. The number of hydrogen-bond acceptors (Lipinski definition) is 4. The lowest BCUT2D eigenvalue weighted by Gasteiger charge is -2.21. The fourth-order valence-electron chi connectivity index (χ4n) is 3.44. The van der Waals surface area contributed by atoms with E-state index in [-0.39, 0.29) is 6.61 Å². The Labute approximate surface area is 204 Å². The molecule has 4 nitrogen and oxygen atoms in total. The number of esters is 2. The van der Waals surface area contributed by atoms with Crippen LogP contribution in [0.1, 0.15) is 104 Å². The van der Waals surface area contributed by atoms with E-state index < -0.39 is 52.2 Å². The molecule has 0 heterocycles. The molecule has 0 amide bonds. The summed E-state index contributed by atoms with van der Waals surface area (Å²) in [5.74, 6) is -15.8. The van der Waals surface area contributed by atoms with Crippen LogP contribution in [-0.4, -0.2) is 18.5 Å². The molecule has 1 rings (SSSR count). The van der Waals surface area contributed by atoms with Crippen molar-refractivity contribution in [2.75, 3.05) is 6.61 Å². The summed E-state index contributed by atoms with van der Waals surface area (Å²) >= 11 is 0. The van der Waals surface area contributed by atoms with Gasteiger partial charge in [0.15, 0.2) is 5.41 Å². The van der Waals surface area contributed by atoms with Crippen molar-refractivity contribution in [2.45, 2.75) is 104 Å². The predicted molar refractivity (Wildman–Crippen MR) is 122 cm³/mol. The van der Waals surface area contributed by atoms with Gasteiger partial charge in [0.1, 0.15) is 0 Å². The lowest BCUT2D eigenvalue weighted by Crippen LogP contribution is -2.38. The average molecular weight is 509 g/mol. The molecule has 0 bridgehead atoms. The van der Waals surface area contributed by atoms with Gasteiger partial charge in [-0.1, -0.05) is 84.0 Å². The topological polar surface area (TPSA) is 52.6 Å². The molecule has 35 heavy (non-hydrogen) atoms. The second kappa shape index (κ2) is 15.7. The van der Waals surface area contributed by atoms with Crippen LogP contribution in [0.3, 0.4) is 0 Å². The summed E-state index contributed by atoms with van der Waals surface area (Å²) in [6.07, 6.45) is 14.9. The predicted octanol–water partition coefficient (Wildman–Crippen LogP) is 7.95. The van der Waals surface area contributed by atoms with Gasteiger partial charge in [0.2, 0.25) is 34.8 Å². The third-order valence-corrected chi connectivity index (χ3v) is 5.87. The molecule has 0 fully saturated rings. The zero-order valence-corrected chi connectivity index (χ0v) is 20.9. The van der Waals surface area contributed by atoms with Crippen LogP contribution in [0.15, 0.2) is 0 Å². The quantitative estimate of drug-likeness (QED) is 0.0408. The van der Waals surface area contributed by atoms with Crippen molar-refractivity contribution in [2.24, 2.45) is 5.41 Å². The number of ether oxygens (including phenoxy) is 2. The Bertz CT molecular complexity index is 797. The molecule has 0 atom stereocenters. The lowest BCUT2D eigenvalue weighted by molar-refractivity contribution is -0.165. The van der Waals surface area contributed by atoms with E-state index in [2.05, 4.69) is 11.7 Å². The Morgan fingerprint density at radius 1 is 0.600 bits per heavy atom. The second-order valence-electron chi connectivity index (χ2n) is 9.29. The molecule has 0 saturated heterocycles. The van der Waals surface area contributed by atoms with Crippen molar-refractivity contribution in [1.82, 2.24) is 0 Å². The number of carbonyl (C=O) groups is 2. The van der Waals surface area contributed by atoms with Crippen molar-refractivity contribution >= 4 is 11.9 Å². The Morgan fingerprint density at radius 3 is 1.40 bits per heavy atom. The normalized spacial score (nSPS) is 11.5.